The Morgan fingerprint density at radius 2 is 1.69 bits per heavy atom. The van der Waals surface area contributed by atoms with Crippen molar-refractivity contribution in [3.63, 3.8) is 0 Å². The van der Waals surface area contributed by atoms with Crippen LogP contribution in [0, 0.1) is 5.92 Å². The van der Waals surface area contributed by atoms with Gasteiger partial charge in [0.25, 0.3) is 0 Å². The van der Waals surface area contributed by atoms with Gasteiger partial charge in [0.05, 0.1) is 12.6 Å². The standard InChI is InChI=1S/C24H46N2O5Si/c1-22(2,3)30-20(27)25-14-11-18(12-15-25)13-16-26-19(24(7,8)31-21(26)28)17-29-32(9,10)23(4,5)6/h18-19H,11-17H2,1-10H3. The van der Waals surface area contributed by atoms with Gasteiger partial charge in [-0.2, -0.15) is 0 Å². The summed E-state index contributed by atoms with van der Waals surface area (Å²) in [6, 6.07) is -0.0917. The smallest absolute Gasteiger partial charge is 0.410 e. The summed E-state index contributed by atoms with van der Waals surface area (Å²) in [4.78, 5) is 28.6. The molecule has 2 fully saturated rings. The van der Waals surface area contributed by atoms with Crippen LogP contribution >= 0.6 is 0 Å². The largest absolute Gasteiger partial charge is 0.444 e. The molecule has 2 aliphatic heterocycles. The van der Waals surface area contributed by atoms with E-state index in [1.165, 1.54) is 0 Å². The van der Waals surface area contributed by atoms with Crippen LogP contribution in [0.25, 0.3) is 0 Å². The highest BCUT2D eigenvalue weighted by Crippen LogP contribution is 2.38. The Hall–Kier alpha value is -1.28. The summed E-state index contributed by atoms with van der Waals surface area (Å²) < 4.78 is 17.7. The molecule has 2 aliphatic rings. The molecule has 2 heterocycles. The van der Waals surface area contributed by atoms with Crippen LogP contribution in [0.1, 0.15) is 74.7 Å². The van der Waals surface area contributed by atoms with Crippen molar-refractivity contribution < 1.29 is 23.5 Å². The van der Waals surface area contributed by atoms with Crippen molar-refractivity contribution in [3.8, 4) is 0 Å². The van der Waals surface area contributed by atoms with Crippen LogP contribution in [0.15, 0.2) is 0 Å². The average Bonchev–Trinajstić information content (AvgIpc) is 2.83. The van der Waals surface area contributed by atoms with Gasteiger partial charge in [-0.15, -0.1) is 0 Å². The highest BCUT2D eigenvalue weighted by atomic mass is 28.4. The van der Waals surface area contributed by atoms with Crippen molar-refractivity contribution in [2.45, 2.75) is 110 Å². The average molecular weight is 471 g/mol. The van der Waals surface area contributed by atoms with E-state index in [4.69, 9.17) is 13.9 Å². The number of hydrogen-bond acceptors (Lipinski definition) is 5. The van der Waals surface area contributed by atoms with Gasteiger partial charge in [0, 0.05) is 19.6 Å². The fraction of sp³-hybridized carbons (Fsp3) is 0.917. The molecule has 2 amide bonds. The maximum atomic E-state index is 12.7. The van der Waals surface area contributed by atoms with Crippen molar-refractivity contribution in [2.75, 3.05) is 26.2 Å². The van der Waals surface area contributed by atoms with Gasteiger partial charge in [0.2, 0.25) is 0 Å². The van der Waals surface area contributed by atoms with E-state index in [1.807, 2.05) is 39.5 Å². The molecule has 0 aromatic carbocycles. The number of nitrogens with zero attached hydrogens (tertiary/aromatic N) is 2. The summed E-state index contributed by atoms with van der Waals surface area (Å²) in [5.74, 6) is 0.479. The summed E-state index contributed by atoms with van der Waals surface area (Å²) in [7, 11) is -1.92. The molecular formula is C24H46N2O5Si. The minimum atomic E-state index is -1.92. The monoisotopic (exact) mass is 470 g/mol. The lowest BCUT2D eigenvalue weighted by Gasteiger charge is -2.39. The fourth-order valence-electron chi connectivity index (χ4n) is 3.95. The van der Waals surface area contributed by atoms with Crippen LogP contribution in [0.4, 0.5) is 9.59 Å². The molecule has 0 radical (unpaired) electrons. The number of hydrogen-bond donors (Lipinski definition) is 0. The molecule has 2 saturated heterocycles. The molecule has 1 unspecified atom stereocenters. The summed E-state index contributed by atoms with van der Waals surface area (Å²) >= 11 is 0. The van der Waals surface area contributed by atoms with Crippen molar-refractivity contribution in [2.24, 2.45) is 5.92 Å². The quantitative estimate of drug-likeness (QED) is 0.470. The number of carbonyl (C=O) groups excluding carboxylic acids is 2. The molecule has 0 spiro atoms. The van der Waals surface area contributed by atoms with Gasteiger partial charge in [-0.25, -0.2) is 9.59 Å². The van der Waals surface area contributed by atoms with E-state index >= 15 is 0 Å². The predicted octanol–water partition coefficient (Wildman–Crippen LogP) is 5.64. The first-order chi connectivity index (χ1) is 14.4. The Balaban J connectivity index is 1.91. The van der Waals surface area contributed by atoms with E-state index in [1.54, 1.807) is 4.90 Å². The molecule has 7 nitrogen and oxygen atoms in total. The van der Waals surface area contributed by atoms with Gasteiger partial charge in [-0.05, 0) is 77.9 Å². The zero-order valence-corrected chi connectivity index (χ0v) is 23.0. The molecule has 8 heteroatoms. The number of cyclic esters (lactones) is 1. The van der Waals surface area contributed by atoms with E-state index in [0.29, 0.717) is 32.2 Å². The Bertz CT molecular complexity index is 673. The van der Waals surface area contributed by atoms with Crippen LogP contribution in [-0.2, 0) is 13.9 Å². The molecule has 0 saturated carbocycles. The number of amides is 2. The van der Waals surface area contributed by atoms with Gasteiger partial charge < -0.3 is 18.8 Å². The first kappa shape index (κ1) is 27.0. The topological polar surface area (TPSA) is 68.3 Å². The predicted molar refractivity (Wildman–Crippen MR) is 129 cm³/mol. The number of ether oxygens (including phenoxy) is 2. The first-order valence-electron chi connectivity index (χ1n) is 12.0. The Morgan fingerprint density at radius 1 is 1.12 bits per heavy atom. The van der Waals surface area contributed by atoms with Crippen LogP contribution in [0.2, 0.25) is 18.1 Å². The highest BCUT2D eigenvalue weighted by Gasteiger charge is 2.49. The Kier molecular flexibility index (Phi) is 8.03. The van der Waals surface area contributed by atoms with E-state index in [-0.39, 0.29) is 23.3 Å². The molecule has 186 valence electrons. The summed E-state index contributed by atoms with van der Waals surface area (Å²) in [6.45, 7) is 23.3. The number of likely N-dealkylation sites (tertiary alicyclic amines) is 1. The minimum Gasteiger partial charge on any atom is -0.444 e. The molecule has 0 aliphatic carbocycles. The highest BCUT2D eigenvalue weighted by molar-refractivity contribution is 6.74. The van der Waals surface area contributed by atoms with Crippen LogP contribution < -0.4 is 0 Å². The van der Waals surface area contributed by atoms with E-state index in [0.717, 1.165) is 19.3 Å². The van der Waals surface area contributed by atoms with Crippen molar-refractivity contribution >= 4 is 20.5 Å². The van der Waals surface area contributed by atoms with Crippen molar-refractivity contribution in [3.05, 3.63) is 0 Å². The third-order valence-corrected chi connectivity index (χ3v) is 11.7. The zero-order valence-electron chi connectivity index (χ0n) is 22.0. The second-order valence-corrected chi connectivity index (χ2v) is 17.3. The molecule has 0 bridgehead atoms. The molecule has 1 atom stereocenters. The van der Waals surface area contributed by atoms with Gasteiger partial charge in [-0.1, -0.05) is 20.8 Å². The molecule has 2 rings (SSSR count). The zero-order chi connectivity index (χ0) is 24.5. The molecule has 32 heavy (non-hydrogen) atoms. The number of rotatable bonds is 6. The second-order valence-electron chi connectivity index (χ2n) is 12.5. The number of carbonyl (C=O) groups is 2. The van der Waals surface area contributed by atoms with E-state index < -0.39 is 19.5 Å². The van der Waals surface area contributed by atoms with Gasteiger partial charge >= 0.3 is 12.2 Å². The van der Waals surface area contributed by atoms with Gasteiger partial charge in [0.15, 0.2) is 8.32 Å². The normalized spacial score (nSPS) is 22.8. The third kappa shape index (κ3) is 6.86. The van der Waals surface area contributed by atoms with Crippen LogP contribution in [-0.4, -0.2) is 73.8 Å². The third-order valence-electron chi connectivity index (χ3n) is 7.22. The second kappa shape index (κ2) is 9.53. The lowest BCUT2D eigenvalue weighted by atomic mass is 9.92. The molecule has 0 aromatic rings. The van der Waals surface area contributed by atoms with Gasteiger partial charge in [-0.3, -0.25) is 4.90 Å². The molecular weight excluding hydrogens is 424 g/mol. The SMILES string of the molecule is CC(C)(C)OC(=O)N1CCC(CCN2C(=O)OC(C)(C)C2CO[Si](C)(C)C(C)(C)C)CC1. The maximum Gasteiger partial charge on any atom is 0.410 e. The van der Waals surface area contributed by atoms with Crippen LogP contribution in [0.5, 0.6) is 0 Å². The lowest BCUT2D eigenvalue weighted by Crippen LogP contribution is -2.50. The van der Waals surface area contributed by atoms with E-state index in [2.05, 4.69) is 33.9 Å². The van der Waals surface area contributed by atoms with Crippen molar-refractivity contribution in [1.29, 1.82) is 0 Å². The minimum absolute atomic E-state index is 0.0917. The Morgan fingerprint density at radius 3 is 2.19 bits per heavy atom. The van der Waals surface area contributed by atoms with E-state index in [9.17, 15) is 9.59 Å². The lowest BCUT2D eigenvalue weighted by molar-refractivity contribution is 0.0175. The molecule has 0 N–H and O–H groups in total. The number of piperidine rings is 1. The summed E-state index contributed by atoms with van der Waals surface area (Å²) in [6.07, 6.45) is 2.28. The van der Waals surface area contributed by atoms with Crippen LogP contribution in [0.3, 0.4) is 0 Å². The summed E-state index contributed by atoms with van der Waals surface area (Å²) in [5.41, 5.74) is -1.04. The Labute approximate surface area is 196 Å². The maximum absolute atomic E-state index is 12.7. The van der Waals surface area contributed by atoms with Crippen molar-refractivity contribution in [1.82, 2.24) is 9.80 Å². The first-order valence-corrected chi connectivity index (χ1v) is 15.0. The summed E-state index contributed by atoms with van der Waals surface area (Å²) in [5, 5.41) is 0.119. The van der Waals surface area contributed by atoms with Gasteiger partial charge in [0.1, 0.15) is 11.2 Å². The molecule has 0 aromatic heterocycles. The fourth-order valence-corrected chi connectivity index (χ4v) is 4.96.